The third-order valence-corrected chi connectivity index (χ3v) is 7.19. The Morgan fingerprint density at radius 1 is 1.19 bits per heavy atom. The fraction of sp³-hybridized carbons (Fsp3) is 0.316. The van der Waals surface area contributed by atoms with Crippen LogP contribution in [0.2, 0.25) is 0 Å². The van der Waals surface area contributed by atoms with E-state index in [1.807, 2.05) is 41.3 Å². The second-order valence-corrected chi connectivity index (χ2v) is 9.74. The molecule has 1 heterocycles. The van der Waals surface area contributed by atoms with Gasteiger partial charge in [-0.2, -0.15) is 0 Å². The normalized spacial score (nSPS) is 14.1. The van der Waals surface area contributed by atoms with Gasteiger partial charge in [-0.3, -0.25) is 4.79 Å². The molecular formula is C19H23N3O3S2. The molecule has 0 saturated carbocycles. The van der Waals surface area contributed by atoms with E-state index in [0.717, 1.165) is 21.9 Å². The van der Waals surface area contributed by atoms with Gasteiger partial charge in [-0.15, -0.1) is 11.8 Å². The molecule has 1 aliphatic rings. The van der Waals surface area contributed by atoms with Gasteiger partial charge in [0.2, 0.25) is 15.9 Å². The molecule has 0 aliphatic carbocycles. The van der Waals surface area contributed by atoms with E-state index in [-0.39, 0.29) is 17.3 Å². The molecule has 0 aromatic heterocycles. The summed E-state index contributed by atoms with van der Waals surface area (Å²) in [5, 5.41) is 2.93. The molecule has 8 heteroatoms. The van der Waals surface area contributed by atoms with Crippen LogP contribution in [0.5, 0.6) is 0 Å². The number of carbonyl (C=O) groups is 1. The van der Waals surface area contributed by atoms with Gasteiger partial charge in [-0.05, 0) is 23.8 Å². The summed E-state index contributed by atoms with van der Waals surface area (Å²) in [5.41, 5.74) is 1.84. The lowest BCUT2D eigenvalue weighted by Gasteiger charge is -2.31. The Balaban J connectivity index is 1.74. The van der Waals surface area contributed by atoms with Crippen LogP contribution in [-0.4, -0.2) is 51.6 Å². The van der Waals surface area contributed by atoms with Crippen molar-refractivity contribution in [2.75, 3.05) is 37.8 Å². The van der Waals surface area contributed by atoms with Crippen molar-refractivity contribution >= 4 is 33.4 Å². The summed E-state index contributed by atoms with van der Waals surface area (Å²) < 4.78 is 26.1. The van der Waals surface area contributed by atoms with E-state index in [2.05, 4.69) is 5.32 Å². The number of thioether (sulfide) groups is 1. The minimum Gasteiger partial charge on any atom is -0.360 e. The summed E-state index contributed by atoms with van der Waals surface area (Å²) in [4.78, 5) is 15.6. The maximum absolute atomic E-state index is 12.4. The van der Waals surface area contributed by atoms with E-state index in [4.69, 9.17) is 0 Å². The van der Waals surface area contributed by atoms with Gasteiger partial charge in [0.25, 0.3) is 0 Å². The highest BCUT2D eigenvalue weighted by Crippen LogP contribution is 2.36. The van der Waals surface area contributed by atoms with Crippen molar-refractivity contribution in [2.45, 2.75) is 16.3 Å². The zero-order chi connectivity index (χ0) is 19.4. The summed E-state index contributed by atoms with van der Waals surface area (Å²) in [6.07, 6.45) is 0. The third-order valence-electron chi connectivity index (χ3n) is 4.34. The Bertz CT molecular complexity index is 915. The number of sulfonamides is 1. The molecule has 2 aromatic carbocycles. The molecule has 0 fully saturated rings. The predicted molar refractivity (Wildman–Crippen MR) is 109 cm³/mol. The van der Waals surface area contributed by atoms with Crippen LogP contribution in [0, 0.1) is 0 Å². The standard InChI is InChI=1S/C19H23N3O3S2/c1-21(2)27(24,25)16-8-9-18-17(12-16)22(10-11-26-18)14-19(23)20-13-15-6-4-3-5-7-15/h3-9,12H,10-11,13-14H2,1-2H3,(H,20,23). The first kappa shape index (κ1) is 19.7. The highest BCUT2D eigenvalue weighted by molar-refractivity contribution is 7.99. The number of fused-ring (bicyclic) bond motifs is 1. The van der Waals surface area contributed by atoms with E-state index in [1.165, 1.54) is 18.4 Å². The first-order valence-corrected chi connectivity index (χ1v) is 11.1. The zero-order valence-electron chi connectivity index (χ0n) is 15.4. The van der Waals surface area contributed by atoms with Crippen molar-refractivity contribution in [1.82, 2.24) is 9.62 Å². The summed E-state index contributed by atoms with van der Waals surface area (Å²) in [6.45, 7) is 1.37. The second kappa shape index (κ2) is 8.33. The molecular weight excluding hydrogens is 382 g/mol. The van der Waals surface area contributed by atoms with Crippen LogP contribution in [0.1, 0.15) is 5.56 Å². The van der Waals surface area contributed by atoms with Crippen LogP contribution in [0.25, 0.3) is 0 Å². The zero-order valence-corrected chi connectivity index (χ0v) is 17.0. The van der Waals surface area contributed by atoms with Gasteiger partial charge in [-0.25, -0.2) is 12.7 Å². The second-order valence-electron chi connectivity index (χ2n) is 6.45. The maximum atomic E-state index is 12.4. The molecule has 0 spiro atoms. The number of nitrogens with one attached hydrogen (secondary N) is 1. The average molecular weight is 406 g/mol. The van der Waals surface area contributed by atoms with E-state index in [1.54, 1.807) is 23.9 Å². The van der Waals surface area contributed by atoms with Crippen LogP contribution in [0.3, 0.4) is 0 Å². The molecule has 1 amide bonds. The minimum absolute atomic E-state index is 0.0856. The number of hydrogen-bond donors (Lipinski definition) is 1. The van der Waals surface area contributed by atoms with Gasteiger partial charge >= 0.3 is 0 Å². The maximum Gasteiger partial charge on any atom is 0.242 e. The fourth-order valence-electron chi connectivity index (χ4n) is 2.81. The van der Waals surface area contributed by atoms with Crippen molar-refractivity contribution in [1.29, 1.82) is 0 Å². The smallest absolute Gasteiger partial charge is 0.242 e. The van der Waals surface area contributed by atoms with Crippen molar-refractivity contribution in [2.24, 2.45) is 0 Å². The summed E-state index contributed by atoms with van der Waals surface area (Å²) in [6, 6.07) is 14.9. The lowest BCUT2D eigenvalue weighted by Crippen LogP contribution is -2.39. The van der Waals surface area contributed by atoms with Gasteiger partial charge in [0, 0.05) is 37.8 Å². The molecule has 0 radical (unpaired) electrons. The van der Waals surface area contributed by atoms with Crippen molar-refractivity contribution in [3.63, 3.8) is 0 Å². The van der Waals surface area contributed by atoms with Gasteiger partial charge < -0.3 is 10.2 Å². The molecule has 0 atom stereocenters. The molecule has 27 heavy (non-hydrogen) atoms. The number of nitrogens with zero attached hydrogens (tertiary/aromatic N) is 2. The molecule has 0 bridgehead atoms. The minimum atomic E-state index is -3.51. The third kappa shape index (κ3) is 4.63. The molecule has 1 aliphatic heterocycles. The van der Waals surface area contributed by atoms with Crippen LogP contribution in [0.15, 0.2) is 58.3 Å². The SMILES string of the molecule is CN(C)S(=O)(=O)c1ccc2c(c1)N(CC(=O)NCc1ccccc1)CCS2. The van der Waals surface area contributed by atoms with Crippen LogP contribution in [0.4, 0.5) is 5.69 Å². The van der Waals surface area contributed by atoms with Crippen LogP contribution in [-0.2, 0) is 21.4 Å². The molecule has 6 nitrogen and oxygen atoms in total. The van der Waals surface area contributed by atoms with Gasteiger partial charge in [0.1, 0.15) is 0 Å². The van der Waals surface area contributed by atoms with Crippen LogP contribution < -0.4 is 10.2 Å². The molecule has 2 aromatic rings. The molecule has 144 valence electrons. The topological polar surface area (TPSA) is 69.7 Å². The van der Waals surface area contributed by atoms with Crippen molar-refractivity contribution in [3.8, 4) is 0 Å². The highest BCUT2D eigenvalue weighted by Gasteiger charge is 2.24. The Labute approximate surface area is 164 Å². The van der Waals surface area contributed by atoms with Gasteiger partial charge in [-0.1, -0.05) is 30.3 Å². The molecule has 0 saturated heterocycles. The van der Waals surface area contributed by atoms with Gasteiger partial charge in [0.15, 0.2) is 0 Å². The number of anilines is 1. The predicted octanol–water partition coefficient (Wildman–Crippen LogP) is 2.17. The fourth-order valence-corrected chi connectivity index (χ4v) is 4.77. The number of rotatable bonds is 6. The van der Waals surface area contributed by atoms with E-state index in [9.17, 15) is 13.2 Å². The Hall–Kier alpha value is -2.03. The summed E-state index contributed by atoms with van der Waals surface area (Å²) in [5.74, 6) is 0.774. The Kier molecular flexibility index (Phi) is 6.08. The quantitative estimate of drug-likeness (QED) is 0.798. The van der Waals surface area contributed by atoms with E-state index in [0.29, 0.717) is 13.1 Å². The summed E-state index contributed by atoms with van der Waals surface area (Å²) in [7, 11) is -0.487. The Morgan fingerprint density at radius 3 is 2.63 bits per heavy atom. The number of amides is 1. The monoisotopic (exact) mass is 405 g/mol. The lowest BCUT2D eigenvalue weighted by atomic mass is 10.2. The summed E-state index contributed by atoms with van der Waals surface area (Å²) >= 11 is 1.68. The molecule has 3 rings (SSSR count). The first-order valence-electron chi connectivity index (χ1n) is 8.63. The largest absolute Gasteiger partial charge is 0.360 e. The van der Waals surface area contributed by atoms with Gasteiger partial charge in [0.05, 0.1) is 17.1 Å². The van der Waals surface area contributed by atoms with Crippen LogP contribution >= 0.6 is 11.8 Å². The Morgan fingerprint density at radius 2 is 1.93 bits per heavy atom. The number of benzene rings is 2. The van der Waals surface area contributed by atoms with E-state index < -0.39 is 10.0 Å². The van der Waals surface area contributed by atoms with E-state index >= 15 is 0 Å². The molecule has 1 N–H and O–H groups in total. The first-order chi connectivity index (χ1) is 12.9. The molecule has 0 unspecified atom stereocenters. The van der Waals surface area contributed by atoms with Crippen molar-refractivity contribution < 1.29 is 13.2 Å². The van der Waals surface area contributed by atoms with Crippen molar-refractivity contribution in [3.05, 3.63) is 54.1 Å². The lowest BCUT2D eigenvalue weighted by molar-refractivity contribution is -0.119. The number of hydrogen-bond acceptors (Lipinski definition) is 5. The number of carbonyl (C=O) groups excluding carboxylic acids is 1. The highest BCUT2D eigenvalue weighted by atomic mass is 32.2. The average Bonchev–Trinajstić information content (AvgIpc) is 2.67.